The quantitative estimate of drug-likeness (QED) is 0.875. The molecule has 1 atom stereocenters. The van der Waals surface area contributed by atoms with Crippen LogP contribution in [0.5, 0.6) is 0 Å². The number of hydrogen-bond donors (Lipinski definition) is 1. The Morgan fingerprint density at radius 1 is 1.42 bits per heavy atom. The fourth-order valence-corrected chi connectivity index (χ4v) is 1.81. The summed E-state index contributed by atoms with van der Waals surface area (Å²) in [6.45, 7) is 2.16. The summed E-state index contributed by atoms with van der Waals surface area (Å²) in [5.41, 5.74) is 7.75. The van der Waals surface area contributed by atoms with Gasteiger partial charge < -0.3 is 10.5 Å². The molecule has 2 aromatic rings. The molecule has 0 saturated carbocycles. The molecule has 5 heteroatoms. The first kappa shape index (κ1) is 15.4. The number of nitrogens with zero attached hydrogens (tertiary/aromatic N) is 1. The molecule has 0 saturated heterocycles. The maximum atomic E-state index is 11.4. The van der Waals surface area contributed by atoms with Gasteiger partial charge in [-0.05, 0) is 24.6 Å². The van der Waals surface area contributed by atoms with E-state index in [0.717, 1.165) is 16.5 Å². The van der Waals surface area contributed by atoms with Crippen LogP contribution >= 0.6 is 12.4 Å². The maximum absolute atomic E-state index is 11.4. The molecule has 0 radical (unpaired) electrons. The molecule has 19 heavy (non-hydrogen) atoms. The fourth-order valence-electron chi connectivity index (χ4n) is 1.81. The van der Waals surface area contributed by atoms with Crippen LogP contribution in [0, 0.1) is 0 Å². The van der Waals surface area contributed by atoms with Crippen LogP contribution < -0.4 is 5.73 Å². The van der Waals surface area contributed by atoms with Crippen molar-refractivity contribution in [1.82, 2.24) is 4.98 Å². The first-order valence-corrected chi connectivity index (χ1v) is 5.96. The van der Waals surface area contributed by atoms with Crippen LogP contribution in [0.25, 0.3) is 10.9 Å². The molecule has 0 fully saturated rings. The van der Waals surface area contributed by atoms with Gasteiger partial charge in [-0.1, -0.05) is 18.2 Å². The lowest BCUT2D eigenvalue weighted by Crippen LogP contribution is -2.17. The number of para-hydroxylation sites is 1. The second-order valence-corrected chi connectivity index (χ2v) is 4.08. The van der Waals surface area contributed by atoms with Crippen molar-refractivity contribution in [3.05, 3.63) is 42.1 Å². The highest BCUT2D eigenvalue weighted by Gasteiger charge is 2.13. The summed E-state index contributed by atoms with van der Waals surface area (Å²) in [4.78, 5) is 15.7. The van der Waals surface area contributed by atoms with Crippen LogP contribution in [0.2, 0.25) is 0 Å². The summed E-state index contributed by atoms with van der Waals surface area (Å²) in [5, 5.41) is 1.02. The predicted octanol–water partition coefficient (Wildman–Crippen LogP) is 2.61. The molecule has 1 aromatic carbocycles. The fraction of sp³-hybridized carbons (Fsp3) is 0.286. The maximum Gasteiger partial charge on any atom is 0.307 e. The van der Waals surface area contributed by atoms with E-state index >= 15 is 0 Å². The third-order valence-corrected chi connectivity index (χ3v) is 2.73. The summed E-state index contributed by atoms with van der Waals surface area (Å²) in [6.07, 6.45) is 1.89. The van der Waals surface area contributed by atoms with Crippen LogP contribution in [0.4, 0.5) is 0 Å². The Kier molecular flexibility index (Phi) is 5.73. The third-order valence-electron chi connectivity index (χ3n) is 2.73. The van der Waals surface area contributed by atoms with E-state index in [2.05, 4.69) is 4.98 Å². The van der Waals surface area contributed by atoms with Gasteiger partial charge in [0.1, 0.15) is 0 Å². The second-order valence-electron chi connectivity index (χ2n) is 4.08. The van der Waals surface area contributed by atoms with Crippen molar-refractivity contribution >= 4 is 29.3 Å². The van der Waals surface area contributed by atoms with Crippen LogP contribution in [0.3, 0.4) is 0 Å². The lowest BCUT2D eigenvalue weighted by atomic mass is 10.0. The SMILES string of the molecule is CCOC(=O)CC(N)c1cnc2ccccc2c1.Cl. The Balaban J connectivity index is 0.00000180. The number of rotatable bonds is 4. The van der Waals surface area contributed by atoms with E-state index in [1.165, 1.54) is 0 Å². The Hall–Kier alpha value is -1.65. The summed E-state index contributed by atoms with van der Waals surface area (Å²) in [6, 6.07) is 9.39. The predicted molar refractivity (Wildman–Crippen MR) is 77.2 cm³/mol. The van der Waals surface area contributed by atoms with Gasteiger partial charge in [0.05, 0.1) is 18.5 Å². The molecule has 0 bridgehead atoms. The smallest absolute Gasteiger partial charge is 0.307 e. The second kappa shape index (κ2) is 7.07. The van der Waals surface area contributed by atoms with Gasteiger partial charge in [0, 0.05) is 17.6 Å². The Bertz CT molecular complexity index is 560. The number of ether oxygens (including phenoxy) is 1. The molecule has 0 aliphatic heterocycles. The van der Waals surface area contributed by atoms with Crippen molar-refractivity contribution in [3.63, 3.8) is 0 Å². The van der Waals surface area contributed by atoms with Gasteiger partial charge in [-0.2, -0.15) is 0 Å². The van der Waals surface area contributed by atoms with Crippen LogP contribution in [-0.4, -0.2) is 17.6 Å². The Labute approximate surface area is 118 Å². The average Bonchev–Trinajstić information content (AvgIpc) is 2.38. The average molecular weight is 281 g/mol. The molecule has 1 unspecified atom stereocenters. The van der Waals surface area contributed by atoms with Crippen LogP contribution in [0.1, 0.15) is 24.9 Å². The number of hydrogen-bond acceptors (Lipinski definition) is 4. The van der Waals surface area contributed by atoms with Gasteiger partial charge in [-0.3, -0.25) is 9.78 Å². The molecular formula is C14H17ClN2O2. The van der Waals surface area contributed by atoms with E-state index in [4.69, 9.17) is 10.5 Å². The highest BCUT2D eigenvalue weighted by atomic mass is 35.5. The highest BCUT2D eigenvalue weighted by molar-refractivity contribution is 5.85. The molecule has 1 heterocycles. The van der Waals surface area contributed by atoms with E-state index in [1.807, 2.05) is 30.3 Å². The monoisotopic (exact) mass is 280 g/mol. The molecule has 0 aliphatic rings. The Morgan fingerprint density at radius 2 is 2.16 bits per heavy atom. The largest absolute Gasteiger partial charge is 0.466 e. The zero-order valence-electron chi connectivity index (χ0n) is 10.7. The minimum Gasteiger partial charge on any atom is -0.466 e. The number of carbonyl (C=O) groups is 1. The summed E-state index contributed by atoms with van der Waals surface area (Å²) >= 11 is 0. The lowest BCUT2D eigenvalue weighted by Gasteiger charge is -2.11. The molecule has 2 rings (SSSR count). The number of aromatic nitrogens is 1. The first-order valence-electron chi connectivity index (χ1n) is 5.96. The highest BCUT2D eigenvalue weighted by Crippen LogP contribution is 2.19. The van der Waals surface area contributed by atoms with Crippen molar-refractivity contribution < 1.29 is 9.53 Å². The van der Waals surface area contributed by atoms with Crippen molar-refractivity contribution in [2.45, 2.75) is 19.4 Å². The van der Waals surface area contributed by atoms with Crippen molar-refractivity contribution in [1.29, 1.82) is 0 Å². The normalized spacial score (nSPS) is 11.7. The number of benzene rings is 1. The van der Waals surface area contributed by atoms with Crippen LogP contribution in [-0.2, 0) is 9.53 Å². The molecule has 0 spiro atoms. The number of esters is 1. The number of pyridine rings is 1. The summed E-state index contributed by atoms with van der Waals surface area (Å²) < 4.78 is 4.88. The number of nitrogens with two attached hydrogens (primary N) is 1. The molecule has 2 N–H and O–H groups in total. The zero-order chi connectivity index (χ0) is 13.0. The minimum absolute atomic E-state index is 0. The lowest BCUT2D eigenvalue weighted by molar-refractivity contribution is -0.143. The van der Waals surface area contributed by atoms with E-state index < -0.39 is 0 Å². The van der Waals surface area contributed by atoms with Crippen molar-refractivity contribution in [2.24, 2.45) is 5.73 Å². The van der Waals surface area contributed by atoms with E-state index in [-0.39, 0.29) is 30.8 Å². The number of halogens is 1. The van der Waals surface area contributed by atoms with Crippen LogP contribution in [0.15, 0.2) is 36.5 Å². The van der Waals surface area contributed by atoms with Crippen molar-refractivity contribution in [2.75, 3.05) is 6.61 Å². The third kappa shape index (κ3) is 3.91. The Morgan fingerprint density at radius 3 is 2.89 bits per heavy atom. The van der Waals surface area contributed by atoms with Gasteiger partial charge in [-0.15, -0.1) is 12.4 Å². The summed E-state index contributed by atoms with van der Waals surface area (Å²) in [7, 11) is 0. The first-order chi connectivity index (χ1) is 8.70. The standard InChI is InChI=1S/C14H16N2O2.ClH/c1-2-18-14(17)8-12(15)11-7-10-5-3-4-6-13(10)16-9-11;/h3-7,9,12H,2,8,15H2,1H3;1H. The number of fused-ring (bicyclic) bond motifs is 1. The van der Waals surface area contributed by atoms with Gasteiger partial charge in [0.2, 0.25) is 0 Å². The zero-order valence-corrected chi connectivity index (χ0v) is 11.5. The molecule has 1 aromatic heterocycles. The van der Waals surface area contributed by atoms with Crippen molar-refractivity contribution in [3.8, 4) is 0 Å². The van der Waals surface area contributed by atoms with E-state index in [9.17, 15) is 4.79 Å². The number of carbonyl (C=O) groups excluding carboxylic acids is 1. The van der Waals surface area contributed by atoms with Gasteiger partial charge in [0.25, 0.3) is 0 Å². The topological polar surface area (TPSA) is 65.2 Å². The molecule has 102 valence electrons. The molecular weight excluding hydrogens is 264 g/mol. The minimum atomic E-state index is -0.374. The van der Waals surface area contributed by atoms with Gasteiger partial charge in [-0.25, -0.2) is 0 Å². The molecule has 0 aliphatic carbocycles. The van der Waals surface area contributed by atoms with E-state index in [1.54, 1.807) is 13.1 Å². The summed E-state index contributed by atoms with van der Waals surface area (Å²) in [5.74, 6) is -0.279. The van der Waals surface area contributed by atoms with Gasteiger partial charge >= 0.3 is 5.97 Å². The molecule has 4 nitrogen and oxygen atoms in total. The van der Waals surface area contributed by atoms with E-state index in [0.29, 0.717) is 6.61 Å². The molecule has 0 amide bonds. The van der Waals surface area contributed by atoms with Gasteiger partial charge in [0.15, 0.2) is 0 Å².